The zero-order valence-electron chi connectivity index (χ0n) is 16.7. The molecule has 6 nitrogen and oxygen atoms in total. The minimum atomic E-state index is -0.675. The van der Waals surface area contributed by atoms with Crippen LogP contribution in [0.5, 0.6) is 0 Å². The standard InChI is InChI=1S/C21H32O6/c1-4-5-6-10-17-18(20(24)14-19(17)23)11-8-7-9-16(27-15(2)22)12-13-21(25)26-3/h5-6,16,20,24H,4,7-14H2,1-3H3/b6-5-. The molecule has 0 aromatic carbocycles. The van der Waals surface area contributed by atoms with Crippen LogP contribution in [0.2, 0.25) is 0 Å². The maximum Gasteiger partial charge on any atom is 0.305 e. The van der Waals surface area contributed by atoms with Crippen LogP contribution in [0.4, 0.5) is 0 Å². The summed E-state index contributed by atoms with van der Waals surface area (Å²) in [5, 5.41) is 10.2. The summed E-state index contributed by atoms with van der Waals surface area (Å²) in [4.78, 5) is 34.6. The van der Waals surface area contributed by atoms with Crippen molar-refractivity contribution in [3.8, 4) is 0 Å². The Morgan fingerprint density at radius 3 is 2.63 bits per heavy atom. The van der Waals surface area contributed by atoms with E-state index in [1.165, 1.54) is 14.0 Å². The molecule has 0 fully saturated rings. The van der Waals surface area contributed by atoms with E-state index in [1.807, 2.05) is 19.1 Å². The lowest BCUT2D eigenvalue weighted by Crippen LogP contribution is -2.18. The summed E-state index contributed by atoms with van der Waals surface area (Å²) in [6.45, 7) is 3.39. The van der Waals surface area contributed by atoms with Gasteiger partial charge in [-0.2, -0.15) is 0 Å². The molecule has 0 aliphatic heterocycles. The van der Waals surface area contributed by atoms with Crippen LogP contribution in [-0.4, -0.2) is 42.1 Å². The second-order valence-corrected chi connectivity index (χ2v) is 6.82. The molecular weight excluding hydrogens is 348 g/mol. The van der Waals surface area contributed by atoms with Crippen molar-refractivity contribution in [2.24, 2.45) is 0 Å². The van der Waals surface area contributed by atoms with E-state index in [-0.39, 0.29) is 36.7 Å². The second kappa shape index (κ2) is 12.4. The lowest BCUT2D eigenvalue weighted by atomic mass is 9.98. The number of methoxy groups -OCH3 is 1. The van der Waals surface area contributed by atoms with Crippen molar-refractivity contribution in [2.45, 2.75) is 83.8 Å². The van der Waals surface area contributed by atoms with E-state index >= 15 is 0 Å². The molecule has 0 aromatic heterocycles. The van der Waals surface area contributed by atoms with Crippen molar-refractivity contribution >= 4 is 17.7 Å². The number of allylic oxidation sites excluding steroid dienone is 3. The molecule has 0 saturated carbocycles. The van der Waals surface area contributed by atoms with Gasteiger partial charge in [0.25, 0.3) is 0 Å². The van der Waals surface area contributed by atoms with Gasteiger partial charge in [0, 0.05) is 25.3 Å². The van der Waals surface area contributed by atoms with Crippen LogP contribution in [0, 0.1) is 0 Å². The van der Waals surface area contributed by atoms with Crippen molar-refractivity contribution in [2.75, 3.05) is 7.11 Å². The molecule has 152 valence electrons. The van der Waals surface area contributed by atoms with E-state index < -0.39 is 6.10 Å². The maximum absolute atomic E-state index is 12.1. The van der Waals surface area contributed by atoms with Crippen LogP contribution >= 0.6 is 0 Å². The number of Topliss-reactive ketones (excluding diaryl/α,β-unsaturated/α-hetero) is 1. The smallest absolute Gasteiger partial charge is 0.305 e. The number of ketones is 1. The molecule has 1 rings (SSSR count). The van der Waals surface area contributed by atoms with Gasteiger partial charge < -0.3 is 14.6 Å². The van der Waals surface area contributed by atoms with Gasteiger partial charge in [-0.05, 0) is 50.5 Å². The van der Waals surface area contributed by atoms with Crippen LogP contribution in [0.1, 0.15) is 71.6 Å². The first-order valence-electron chi connectivity index (χ1n) is 9.71. The molecule has 0 radical (unpaired) electrons. The highest BCUT2D eigenvalue weighted by Gasteiger charge is 2.29. The molecule has 0 bridgehead atoms. The van der Waals surface area contributed by atoms with Crippen molar-refractivity contribution in [1.82, 2.24) is 0 Å². The van der Waals surface area contributed by atoms with Gasteiger partial charge in [0.15, 0.2) is 5.78 Å². The van der Waals surface area contributed by atoms with Crippen LogP contribution in [0.25, 0.3) is 0 Å². The molecule has 0 amide bonds. The fraction of sp³-hybridized carbons (Fsp3) is 0.667. The third-order valence-corrected chi connectivity index (χ3v) is 4.68. The normalized spacial score (nSPS) is 18.2. The highest BCUT2D eigenvalue weighted by atomic mass is 16.5. The summed E-state index contributed by atoms with van der Waals surface area (Å²) in [5.74, 6) is -0.654. The summed E-state index contributed by atoms with van der Waals surface area (Å²) < 4.78 is 9.89. The first-order chi connectivity index (χ1) is 12.9. The maximum atomic E-state index is 12.1. The molecular formula is C21H32O6. The van der Waals surface area contributed by atoms with Gasteiger partial charge in [-0.3, -0.25) is 14.4 Å². The summed E-state index contributed by atoms with van der Waals surface area (Å²) in [6.07, 6.45) is 8.19. The topological polar surface area (TPSA) is 89.9 Å². The number of hydrogen-bond acceptors (Lipinski definition) is 6. The fourth-order valence-electron chi connectivity index (χ4n) is 3.30. The predicted molar refractivity (Wildman–Crippen MR) is 102 cm³/mol. The number of unbranched alkanes of at least 4 members (excludes halogenated alkanes) is 1. The van der Waals surface area contributed by atoms with E-state index in [0.29, 0.717) is 25.7 Å². The van der Waals surface area contributed by atoms with Crippen molar-refractivity contribution in [1.29, 1.82) is 0 Å². The molecule has 0 saturated heterocycles. The third-order valence-electron chi connectivity index (χ3n) is 4.68. The van der Waals surface area contributed by atoms with E-state index in [2.05, 4.69) is 4.74 Å². The monoisotopic (exact) mass is 380 g/mol. The zero-order valence-corrected chi connectivity index (χ0v) is 16.7. The predicted octanol–water partition coefficient (Wildman–Crippen LogP) is 3.42. The number of aliphatic hydroxyl groups is 1. The highest BCUT2D eigenvalue weighted by Crippen LogP contribution is 2.30. The lowest BCUT2D eigenvalue weighted by molar-refractivity contribution is -0.149. The first-order valence-corrected chi connectivity index (χ1v) is 9.71. The lowest BCUT2D eigenvalue weighted by Gasteiger charge is -2.17. The molecule has 0 aromatic rings. The van der Waals surface area contributed by atoms with Gasteiger partial charge in [0.05, 0.1) is 13.2 Å². The Morgan fingerprint density at radius 2 is 2.00 bits per heavy atom. The SMILES string of the molecule is CC/C=C\CC1=C(CCCCC(CCC(=O)OC)OC(C)=O)C(O)CC1=O. The molecule has 2 unspecified atom stereocenters. The number of carbonyl (C=O) groups is 3. The van der Waals surface area contributed by atoms with Gasteiger partial charge >= 0.3 is 11.9 Å². The van der Waals surface area contributed by atoms with E-state index in [4.69, 9.17) is 4.74 Å². The summed E-state index contributed by atoms with van der Waals surface area (Å²) in [5.41, 5.74) is 1.59. The number of hydrogen-bond donors (Lipinski definition) is 1. The van der Waals surface area contributed by atoms with E-state index in [1.54, 1.807) is 0 Å². The van der Waals surface area contributed by atoms with Crippen molar-refractivity contribution in [3.63, 3.8) is 0 Å². The Labute approximate surface area is 161 Å². The number of rotatable bonds is 12. The molecule has 0 spiro atoms. The number of esters is 2. The largest absolute Gasteiger partial charge is 0.469 e. The average molecular weight is 380 g/mol. The molecule has 1 N–H and O–H groups in total. The van der Waals surface area contributed by atoms with Crippen molar-refractivity contribution < 1.29 is 29.0 Å². The Kier molecular flexibility index (Phi) is 10.6. The Bertz CT molecular complexity index is 575. The van der Waals surface area contributed by atoms with E-state index in [9.17, 15) is 19.5 Å². The van der Waals surface area contributed by atoms with Gasteiger partial charge in [-0.1, -0.05) is 19.1 Å². The van der Waals surface area contributed by atoms with Crippen LogP contribution < -0.4 is 0 Å². The van der Waals surface area contributed by atoms with Gasteiger partial charge in [-0.25, -0.2) is 0 Å². The first kappa shape index (κ1) is 23.1. The average Bonchev–Trinajstić information content (AvgIpc) is 2.89. The minimum absolute atomic E-state index is 0.0362. The third kappa shape index (κ3) is 8.52. The molecule has 27 heavy (non-hydrogen) atoms. The van der Waals surface area contributed by atoms with Crippen LogP contribution in [0.15, 0.2) is 23.3 Å². The second-order valence-electron chi connectivity index (χ2n) is 6.82. The zero-order chi connectivity index (χ0) is 20.2. The van der Waals surface area contributed by atoms with Crippen LogP contribution in [0.3, 0.4) is 0 Å². The molecule has 0 heterocycles. The number of carbonyl (C=O) groups excluding carboxylic acids is 3. The van der Waals surface area contributed by atoms with Crippen LogP contribution in [-0.2, 0) is 23.9 Å². The van der Waals surface area contributed by atoms with Gasteiger partial charge in [0.2, 0.25) is 0 Å². The highest BCUT2D eigenvalue weighted by molar-refractivity contribution is 5.99. The minimum Gasteiger partial charge on any atom is -0.469 e. The van der Waals surface area contributed by atoms with Gasteiger partial charge in [0.1, 0.15) is 6.10 Å². The Hall–Kier alpha value is -1.95. The summed E-state index contributed by atoms with van der Waals surface area (Å²) >= 11 is 0. The van der Waals surface area contributed by atoms with Gasteiger partial charge in [-0.15, -0.1) is 0 Å². The quantitative estimate of drug-likeness (QED) is 0.317. The summed E-state index contributed by atoms with van der Waals surface area (Å²) in [6, 6.07) is 0. The molecule has 6 heteroatoms. The molecule has 2 atom stereocenters. The van der Waals surface area contributed by atoms with Crippen molar-refractivity contribution in [3.05, 3.63) is 23.3 Å². The Balaban J connectivity index is 2.53. The number of aliphatic hydroxyl groups excluding tert-OH is 1. The Morgan fingerprint density at radius 1 is 1.26 bits per heavy atom. The summed E-state index contributed by atoms with van der Waals surface area (Å²) in [7, 11) is 1.33. The number of ether oxygens (including phenoxy) is 2. The molecule has 1 aliphatic rings. The van der Waals surface area contributed by atoms with E-state index in [0.717, 1.165) is 30.4 Å². The molecule has 1 aliphatic carbocycles. The fourth-order valence-corrected chi connectivity index (χ4v) is 3.30.